The number of para-hydroxylation sites is 1. The van der Waals surface area contributed by atoms with Crippen molar-refractivity contribution in [1.29, 1.82) is 0 Å². The molecule has 10 rings (SSSR count). The summed E-state index contributed by atoms with van der Waals surface area (Å²) in [5.74, 6) is 0. The zero-order valence-electron chi connectivity index (χ0n) is 27.7. The van der Waals surface area contributed by atoms with E-state index < -0.39 is 0 Å². The lowest BCUT2D eigenvalue weighted by atomic mass is 9.95. The van der Waals surface area contributed by atoms with Gasteiger partial charge >= 0.3 is 0 Å². The van der Waals surface area contributed by atoms with Gasteiger partial charge in [0, 0.05) is 36.8 Å². The number of furan rings is 1. The highest BCUT2D eigenvalue weighted by Gasteiger charge is 2.25. The Hall–Kier alpha value is -6.42. The molecule has 0 N–H and O–H groups in total. The van der Waals surface area contributed by atoms with Crippen LogP contribution in [0.1, 0.15) is 0 Å². The van der Waals surface area contributed by atoms with Crippen LogP contribution in [0.3, 0.4) is 0 Å². The van der Waals surface area contributed by atoms with E-state index in [1.54, 1.807) is 0 Å². The molecule has 0 atom stereocenters. The van der Waals surface area contributed by atoms with Crippen molar-refractivity contribution in [1.82, 2.24) is 0 Å². The normalized spacial score (nSPS) is 11.5. The summed E-state index contributed by atoms with van der Waals surface area (Å²) in [5.41, 5.74) is 12.1. The molecule has 0 saturated carbocycles. The first-order chi connectivity index (χ1) is 25.3. The second-order valence-corrected chi connectivity index (χ2v) is 14.0. The van der Waals surface area contributed by atoms with E-state index in [0.29, 0.717) is 0 Å². The Balaban J connectivity index is 1.30. The molecular formula is C48H31NOS. The van der Waals surface area contributed by atoms with Gasteiger partial charge < -0.3 is 9.32 Å². The van der Waals surface area contributed by atoms with Gasteiger partial charge in [0.1, 0.15) is 11.2 Å². The van der Waals surface area contributed by atoms with E-state index in [1.165, 1.54) is 42.4 Å². The summed E-state index contributed by atoms with van der Waals surface area (Å²) in [6, 6.07) is 67.4. The van der Waals surface area contributed by atoms with Crippen molar-refractivity contribution in [2.45, 2.75) is 0 Å². The van der Waals surface area contributed by atoms with Gasteiger partial charge in [-0.25, -0.2) is 0 Å². The zero-order chi connectivity index (χ0) is 33.7. The van der Waals surface area contributed by atoms with Crippen molar-refractivity contribution in [2.75, 3.05) is 4.90 Å². The molecule has 51 heavy (non-hydrogen) atoms. The van der Waals surface area contributed by atoms with E-state index in [0.717, 1.165) is 50.1 Å². The highest BCUT2D eigenvalue weighted by Crippen LogP contribution is 2.51. The molecule has 0 spiro atoms. The molecule has 0 unspecified atom stereocenters. The van der Waals surface area contributed by atoms with E-state index in [9.17, 15) is 0 Å². The van der Waals surface area contributed by atoms with Crippen molar-refractivity contribution in [3.8, 4) is 33.4 Å². The van der Waals surface area contributed by atoms with Crippen LogP contribution in [0.25, 0.3) is 75.5 Å². The van der Waals surface area contributed by atoms with Gasteiger partial charge in [0.05, 0.1) is 16.8 Å². The molecule has 2 nitrogen and oxygen atoms in total. The third kappa shape index (κ3) is 5.01. The Bertz CT molecular complexity index is 2840. The first kappa shape index (κ1) is 29.5. The van der Waals surface area contributed by atoms with Crippen molar-refractivity contribution < 1.29 is 4.42 Å². The van der Waals surface area contributed by atoms with E-state index >= 15 is 0 Å². The Labute approximate surface area is 300 Å². The molecule has 240 valence electrons. The summed E-state index contributed by atoms with van der Waals surface area (Å²) in [6.07, 6.45) is 0. The van der Waals surface area contributed by atoms with Crippen LogP contribution >= 0.6 is 11.3 Å². The van der Waals surface area contributed by atoms with E-state index in [2.05, 4.69) is 193 Å². The molecule has 0 saturated heterocycles. The molecule has 0 aliphatic heterocycles. The lowest BCUT2D eigenvalue weighted by Gasteiger charge is -2.29. The second kappa shape index (κ2) is 12.2. The average molecular weight is 670 g/mol. The molecule has 2 aromatic heterocycles. The number of benzene rings is 8. The highest BCUT2D eigenvalue weighted by molar-refractivity contribution is 7.26. The van der Waals surface area contributed by atoms with E-state index in [1.807, 2.05) is 11.3 Å². The number of hydrogen-bond donors (Lipinski definition) is 0. The fourth-order valence-corrected chi connectivity index (χ4v) is 8.62. The van der Waals surface area contributed by atoms with E-state index in [-0.39, 0.29) is 0 Å². The summed E-state index contributed by atoms with van der Waals surface area (Å²) in [5, 5.41) is 4.62. The van der Waals surface area contributed by atoms with Crippen LogP contribution in [0.2, 0.25) is 0 Å². The number of anilines is 3. The molecule has 2 heterocycles. The second-order valence-electron chi connectivity index (χ2n) is 12.9. The quantitative estimate of drug-likeness (QED) is 0.175. The molecule has 3 heteroatoms. The third-order valence-electron chi connectivity index (χ3n) is 9.87. The Morgan fingerprint density at radius 3 is 1.69 bits per heavy atom. The summed E-state index contributed by atoms with van der Waals surface area (Å²) in [6.45, 7) is 0. The van der Waals surface area contributed by atoms with Gasteiger partial charge in [0.2, 0.25) is 0 Å². The van der Waals surface area contributed by atoms with Gasteiger partial charge in [0.25, 0.3) is 0 Å². The van der Waals surface area contributed by atoms with Gasteiger partial charge in [-0.2, -0.15) is 0 Å². The molecule has 0 amide bonds. The molecule has 0 aliphatic carbocycles. The van der Waals surface area contributed by atoms with Crippen molar-refractivity contribution >= 4 is 70.5 Å². The van der Waals surface area contributed by atoms with Crippen molar-refractivity contribution in [3.63, 3.8) is 0 Å². The van der Waals surface area contributed by atoms with Gasteiger partial charge in [-0.3, -0.25) is 0 Å². The third-order valence-corrected chi connectivity index (χ3v) is 11.0. The predicted molar refractivity (Wildman–Crippen MR) is 218 cm³/mol. The Morgan fingerprint density at radius 2 is 0.961 bits per heavy atom. The van der Waals surface area contributed by atoms with Gasteiger partial charge in [0.15, 0.2) is 0 Å². The predicted octanol–water partition coefficient (Wildman–Crippen LogP) is 14.4. The standard InChI is InChI=1S/C48H31NOS/c1-4-14-32(15-5-1)34-24-27-37(28-25-34)49(41-29-26-36(33-16-6-2-7-17-33)30-40(41)35-18-8-3-9-19-35)42-31-45-47(39-21-11-13-23-44(39)51-45)48-46(42)38-20-10-12-22-43(38)50-48/h1-31H. The Morgan fingerprint density at radius 1 is 0.392 bits per heavy atom. The summed E-state index contributed by atoms with van der Waals surface area (Å²) >= 11 is 1.82. The number of thiophene rings is 1. The van der Waals surface area contributed by atoms with Crippen molar-refractivity contribution in [3.05, 3.63) is 188 Å². The molecule has 0 aliphatic rings. The van der Waals surface area contributed by atoms with Crippen LogP contribution in [0, 0.1) is 0 Å². The fraction of sp³-hybridized carbons (Fsp3) is 0. The molecule has 8 aromatic carbocycles. The number of fused-ring (bicyclic) bond motifs is 7. The molecule has 0 radical (unpaired) electrons. The number of hydrogen-bond acceptors (Lipinski definition) is 3. The van der Waals surface area contributed by atoms with Crippen LogP contribution in [-0.2, 0) is 0 Å². The van der Waals surface area contributed by atoms with Crippen LogP contribution in [-0.4, -0.2) is 0 Å². The van der Waals surface area contributed by atoms with E-state index in [4.69, 9.17) is 4.42 Å². The smallest absolute Gasteiger partial charge is 0.146 e. The summed E-state index contributed by atoms with van der Waals surface area (Å²) in [7, 11) is 0. The maximum Gasteiger partial charge on any atom is 0.146 e. The van der Waals surface area contributed by atoms with Crippen LogP contribution in [0.5, 0.6) is 0 Å². The first-order valence-corrected chi connectivity index (χ1v) is 18.1. The van der Waals surface area contributed by atoms with Crippen molar-refractivity contribution in [2.24, 2.45) is 0 Å². The first-order valence-electron chi connectivity index (χ1n) is 17.3. The summed E-state index contributed by atoms with van der Waals surface area (Å²) in [4.78, 5) is 2.44. The monoisotopic (exact) mass is 669 g/mol. The summed E-state index contributed by atoms with van der Waals surface area (Å²) < 4.78 is 9.30. The minimum Gasteiger partial charge on any atom is -0.455 e. The van der Waals surface area contributed by atoms with Gasteiger partial charge in [-0.15, -0.1) is 11.3 Å². The van der Waals surface area contributed by atoms with Crippen LogP contribution in [0.15, 0.2) is 192 Å². The minimum absolute atomic E-state index is 0.888. The molecule has 10 aromatic rings. The maximum absolute atomic E-state index is 6.84. The fourth-order valence-electron chi connectivity index (χ4n) is 7.48. The average Bonchev–Trinajstić information content (AvgIpc) is 3.78. The lowest BCUT2D eigenvalue weighted by molar-refractivity contribution is 0.673. The largest absolute Gasteiger partial charge is 0.455 e. The van der Waals surface area contributed by atoms with Gasteiger partial charge in [-0.05, 0) is 70.3 Å². The van der Waals surface area contributed by atoms with Crippen LogP contribution < -0.4 is 4.90 Å². The molecular weight excluding hydrogens is 639 g/mol. The molecule has 0 bridgehead atoms. The highest BCUT2D eigenvalue weighted by atomic mass is 32.1. The number of rotatable bonds is 6. The van der Waals surface area contributed by atoms with Crippen LogP contribution in [0.4, 0.5) is 17.1 Å². The SMILES string of the molecule is c1ccc(-c2ccc(N(c3ccc(-c4ccccc4)cc3-c3ccccc3)c3cc4sc5ccccc5c4c4oc5ccccc5c34)cc2)cc1. The minimum atomic E-state index is 0.888. The topological polar surface area (TPSA) is 16.4 Å². The lowest BCUT2D eigenvalue weighted by Crippen LogP contribution is -2.12. The number of nitrogens with zero attached hydrogens (tertiary/aromatic N) is 1. The Kier molecular flexibility index (Phi) is 7.04. The van der Waals surface area contributed by atoms with Gasteiger partial charge in [-0.1, -0.05) is 146 Å². The molecule has 0 fully saturated rings. The zero-order valence-corrected chi connectivity index (χ0v) is 28.5. The maximum atomic E-state index is 6.84.